The molecule has 0 spiro atoms. The fourth-order valence-electron chi connectivity index (χ4n) is 2.50. The molecule has 0 radical (unpaired) electrons. The van der Waals surface area contributed by atoms with Gasteiger partial charge in [0.05, 0.1) is 11.0 Å². The molecule has 2 heterocycles. The molecule has 0 aliphatic carbocycles. The molecule has 2 rings (SSSR count). The van der Waals surface area contributed by atoms with Gasteiger partial charge in [0, 0.05) is 23.9 Å². The zero-order valence-electron chi connectivity index (χ0n) is 11.3. The van der Waals surface area contributed by atoms with Crippen molar-refractivity contribution in [3.63, 3.8) is 0 Å². The summed E-state index contributed by atoms with van der Waals surface area (Å²) in [5.74, 6) is 0.367. The van der Waals surface area contributed by atoms with E-state index in [0.29, 0.717) is 6.54 Å². The minimum Gasteiger partial charge on any atom is -0.393 e. The number of hydrogen-bond donors (Lipinski definition) is 1. The van der Waals surface area contributed by atoms with Crippen LogP contribution in [-0.2, 0) is 6.42 Å². The Morgan fingerprint density at radius 1 is 1.67 bits per heavy atom. The van der Waals surface area contributed by atoms with Crippen molar-refractivity contribution in [1.82, 2.24) is 4.90 Å². The largest absolute Gasteiger partial charge is 0.393 e. The standard InChI is InChI=1S/C14H21NO2S/c1-4-11-7-13(18-10(11)3)14(17)15-6-5-12(8-15)9(2)16/h7,9,12,16H,4-6,8H2,1-3H3. The highest BCUT2D eigenvalue weighted by atomic mass is 32.1. The van der Waals surface area contributed by atoms with Crippen molar-refractivity contribution in [1.29, 1.82) is 0 Å². The van der Waals surface area contributed by atoms with E-state index in [-0.39, 0.29) is 17.9 Å². The van der Waals surface area contributed by atoms with Gasteiger partial charge in [-0.2, -0.15) is 0 Å². The van der Waals surface area contributed by atoms with E-state index in [4.69, 9.17) is 0 Å². The third-order valence-corrected chi connectivity index (χ3v) is 4.89. The summed E-state index contributed by atoms with van der Waals surface area (Å²) in [6.07, 6.45) is 1.57. The number of carbonyl (C=O) groups excluding carboxylic acids is 1. The Morgan fingerprint density at radius 3 is 2.89 bits per heavy atom. The number of hydrogen-bond acceptors (Lipinski definition) is 3. The highest BCUT2D eigenvalue weighted by Crippen LogP contribution is 2.26. The van der Waals surface area contributed by atoms with Crippen molar-refractivity contribution in [3.8, 4) is 0 Å². The van der Waals surface area contributed by atoms with E-state index in [1.165, 1.54) is 10.4 Å². The molecule has 4 heteroatoms. The number of carbonyl (C=O) groups is 1. The Morgan fingerprint density at radius 2 is 2.39 bits per heavy atom. The van der Waals surface area contributed by atoms with Gasteiger partial charge in [-0.1, -0.05) is 6.92 Å². The Balaban J connectivity index is 2.08. The molecule has 3 nitrogen and oxygen atoms in total. The molecule has 0 bridgehead atoms. The zero-order valence-corrected chi connectivity index (χ0v) is 12.1. The minimum atomic E-state index is -0.320. The third kappa shape index (κ3) is 2.59. The second-order valence-electron chi connectivity index (χ2n) is 5.09. The lowest BCUT2D eigenvalue weighted by molar-refractivity contribution is 0.0767. The normalized spacial score (nSPS) is 21.3. The first-order chi connectivity index (χ1) is 8.52. The van der Waals surface area contributed by atoms with Gasteiger partial charge in [0.2, 0.25) is 0 Å². The molecule has 1 aromatic rings. The van der Waals surface area contributed by atoms with Crippen LogP contribution in [0.1, 0.15) is 40.4 Å². The van der Waals surface area contributed by atoms with Crippen LogP contribution in [0.15, 0.2) is 6.07 Å². The van der Waals surface area contributed by atoms with Crippen molar-refractivity contribution >= 4 is 17.2 Å². The average Bonchev–Trinajstić information content (AvgIpc) is 2.94. The maximum absolute atomic E-state index is 12.4. The lowest BCUT2D eigenvalue weighted by Gasteiger charge is -2.16. The summed E-state index contributed by atoms with van der Waals surface area (Å²) in [7, 11) is 0. The van der Waals surface area contributed by atoms with Crippen LogP contribution in [0.25, 0.3) is 0 Å². The van der Waals surface area contributed by atoms with Crippen LogP contribution < -0.4 is 0 Å². The van der Waals surface area contributed by atoms with E-state index < -0.39 is 0 Å². The fourth-order valence-corrected chi connectivity index (χ4v) is 3.58. The van der Waals surface area contributed by atoms with Gasteiger partial charge in [-0.15, -0.1) is 11.3 Å². The molecule has 0 aromatic carbocycles. The number of aryl methyl sites for hydroxylation is 2. The highest BCUT2D eigenvalue weighted by Gasteiger charge is 2.30. The third-order valence-electron chi connectivity index (χ3n) is 3.81. The van der Waals surface area contributed by atoms with Gasteiger partial charge in [-0.05, 0) is 38.3 Å². The van der Waals surface area contributed by atoms with Gasteiger partial charge < -0.3 is 10.0 Å². The molecule has 1 saturated heterocycles. The molecule has 1 N–H and O–H groups in total. The van der Waals surface area contributed by atoms with Gasteiger partial charge in [0.1, 0.15) is 0 Å². The van der Waals surface area contributed by atoms with Crippen LogP contribution in [0.5, 0.6) is 0 Å². The minimum absolute atomic E-state index is 0.131. The Bertz CT molecular complexity index is 439. The Labute approximate surface area is 112 Å². The first-order valence-corrected chi connectivity index (χ1v) is 7.41. The summed E-state index contributed by atoms with van der Waals surface area (Å²) in [4.78, 5) is 16.3. The predicted molar refractivity (Wildman–Crippen MR) is 74.1 cm³/mol. The molecule has 1 aliphatic rings. The van der Waals surface area contributed by atoms with Crippen LogP contribution >= 0.6 is 11.3 Å². The molecule has 18 heavy (non-hydrogen) atoms. The van der Waals surface area contributed by atoms with E-state index in [0.717, 1.165) is 24.3 Å². The lowest BCUT2D eigenvalue weighted by atomic mass is 10.0. The van der Waals surface area contributed by atoms with E-state index in [1.807, 2.05) is 17.9 Å². The van der Waals surface area contributed by atoms with Crippen LogP contribution in [-0.4, -0.2) is 35.1 Å². The Kier molecular flexibility index (Phi) is 4.07. The highest BCUT2D eigenvalue weighted by molar-refractivity contribution is 7.14. The zero-order chi connectivity index (χ0) is 13.3. The van der Waals surface area contributed by atoms with Gasteiger partial charge in [0.25, 0.3) is 5.91 Å². The van der Waals surface area contributed by atoms with Crippen LogP contribution in [0.4, 0.5) is 0 Å². The monoisotopic (exact) mass is 267 g/mol. The van der Waals surface area contributed by atoms with E-state index in [1.54, 1.807) is 11.3 Å². The Hall–Kier alpha value is -0.870. The van der Waals surface area contributed by atoms with E-state index in [9.17, 15) is 9.90 Å². The second kappa shape index (κ2) is 5.41. The lowest BCUT2D eigenvalue weighted by Crippen LogP contribution is -2.29. The molecule has 1 aliphatic heterocycles. The molecule has 2 unspecified atom stereocenters. The van der Waals surface area contributed by atoms with Gasteiger partial charge in [0.15, 0.2) is 0 Å². The fraction of sp³-hybridized carbons (Fsp3) is 0.643. The number of aliphatic hydroxyl groups is 1. The number of amides is 1. The first kappa shape index (κ1) is 13.6. The van der Waals surface area contributed by atoms with Crippen LogP contribution in [0, 0.1) is 12.8 Å². The molecule has 0 saturated carbocycles. The molecule has 2 atom stereocenters. The molecule has 100 valence electrons. The van der Waals surface area contributed by atoms with Crippen molar-refractivity contribution in [2.45, 2.75) is 39.7 Å². The average molecular weight is 267 g/mol. The maximum atomic E-state index is 12.4. The van der Waals surface area contributed by atoms with Crippen molar-refractivity contribution in [3.05, 3.63) is 21.4 Å². The van der Waals surface area contributed by atoms with Gasteiger partial charge >= 0.3 is 0 Å². The quantitative estimate of drug-likeness (QED) is 0.914. The van der Waals surface area contributed by atoms with E-state index in [2.05, 4.69) is 13.8 Å². The summed E-state index contributed by atoms with van der Waals surface area (Å²) in [6.45, 7) is 7.45. The molecule has 1 fully saturated rings. The number of aliphatic hydroxyl groups excluding tert-OH is 1. The maximum Gasteiger partial charge on any atom is 0.263 e. The summed E-state index contributed by atoms with van der Waals surface area (Å²) in [5.41, 5.74) is 1.27. The van der Waals surface area contributed by atoms with Crippen molar-refractivity contribution < 1.29 is 9.90 Å². The second-order valence-corrected chi connectivity index (χ2v) is 6.34. The number of likely N-dealkylation sites (tertiary alicyclic amines) is 1. The summed E-state index contributed by atoms with van der Waals surface area (Å²) in [5, 5.41) is 9.57. The topological polar surface area (TPSA) is 40.5 Å². The number of thiophene rings is 1. The summed E-state index contributed by atoms with van der Waals surface area (Å²) in [6, 6.07) is 2.03. The summed E-state index contributed by atoms with van der Waals surface area (Å²) < 4.78 is 0. The van der Waals surface area contributed by atoms with E-state index >= 15 is 0 Å². The molecule has 1 amide bonds. The summed E-state index contributed by atoms with van der Waals surface area (Å²) >= 11 is 1.59. The van der Waals surface area contributed by atoms with Crippen molar-refractivity contribution in [2.75, 3.05) is 13.1 Å². The van der Waals surface area contributed by atoms with Gasteiger partial charge in [-0.25, -0.2) is 0 Å². The van der Waals surface area contributed by atoms with Gasteiger partial charge in [-0.3, -0.25) is 4.79 Å². The molecule has 1 aromatic heterocycles. The first-order valence-electron chi connectivity index (χ1n) is 6.59. The van der Waals surface area contributed by atoms with Crippen molar-refractivity contribution in [2.24, 2.45) is 5.92 Å². The SMILES string of the molecule is CCc1cc(C(=O)N2CCC(C(C)O)C2)sc1C. The molecular formula is C14H21NO2S. The van der Waals surface area contributed by atoms with Crippen LogP contribution in [0.3, 0.4) is 0 Å². The number of nitrogens with zero attached hydrogens (tertiary/aromatic N) is 1. The predicted octanol–water partition coefficient (Wildman–Crippen LogP) is 2.46. The molecular weight excluding hydrogens is 246 g/mol. The number of rotatable bonds is 3. The van der Waals surface area contributed by atoms with Crippen LogP contribution in [0.2, 0.25) is 0 Å². The smallest absolute Gasteiger partial charge is 0.263 e.